The third-order valence-corrected chi connectivity index (χ3v) is 2.49. The lowest BCUT2D eigenvalue weighted by Crippen LogP contribution is -2.05. The number of ether oxygens (including phenoxy) is 1. The highest BCUT2D eigenvalue weighted by Gasteiger charge is 2.11. The van der Waals surface area contributed by atoms with Crippen LogP contribution >= 0.6 is 0 Å². The number of aromatic nitrogens is 2. The van der Waals surface area contributed by atoms with E-state index < -0.39 is 5.82 Å². The Morgan fingerprint density at radius 2 is 1.94 bits per heavy atom. The number of benzene rings is 1. The van der Waals surface area contributed by atoms with Gasteiger partial charge in [0, 0.05) is 12.1 Å². The van der Waals surface area contributed by atoms with Gasteiger partial charge < -0.3 is 10.5 Å². The Balaban J connectivity index is 2.36. The second-order valence-electron chi connectivity index (χ2n) is 3.64. The number of nitrogens with two attached hydrogens (primary N) is 1. The van der Waals surface area contributed by atoms with E-state index in [0.29, 0.717) is 12.2 Å². The standard InChI is InChI=1S/C13H14FN3O/c1-2-18-10-5-3-9(4-6-10)13-12(14)11(7-15)16-8-17-13/h3-6,8H,2,7,15H2,1H3. The summed E-state index contributed by atoms with van der Waals surface area (Å²) in [5.41, 5.74) is 6.56. The number of nitrogens with zero attached hydrogens (tertiary/aromatic N) is 2. The molecule has 0 bridgehead atoms. The van der Waals surface area contributed by atoms with Gasteiger partial charge in [0.15, 0.2) is 5.82 Å². The van der Waals surface area contributed by atoms with Crippen molar-refractivity contribution in [3.8, 4) is 17.0 Å². The molecule has 0 amide bonds. The molecule has 1 heterocycles. The molecule has 2 aromatic rings. The minimum atomic E-state index is -0.468. The van der Waals surface area contributed by atoms with Crippen LogP contribution in [0, 0.1) is 5.82 Å². The van der Waals surface area contributed by atoms with Gasteiger partial charge in [0.25, 0.3) is 0 Å². The quantitative estimate of drug-likeness (QED) is 0.899. The Hall–Kier alpha value is -2.01. The predicted molar refractivity (Wildman–Crippen MR) is 66.5 cm³/mol. The van der Waals surface area contributed by atoms with Gasteiger partial charge >= 0.3 is 0 Å². The second-order valence-corrected chi connectivity index (χ2v) is 3.64. The van der Waals surface area contributed by atoms with Crippen LogP contribution in [-0.4, -0.2) is 16.6 Å². The van der Waals surface area contributed by atoms with Crippen LogP contribution in [0.25, 0.3) is 11.3 Å². The molecular formula is C13H14FN3O. The van der Waals surface area contributed by atoms with Gasteiger partial charge in [0.2, 0.25) is 0 Å². The van der Waals surface area contributed by atoms with E-state index in [-0.39, 0.29) is 17.9 Å². The van der Waals surface area contributed by atoms with Crippen LogP contribution in [0.5, 0.6) is 5.75 Å². The lowest BCUT2D eigenvalue weighted by molar-refractivity contribution is 0.340. The molecule has 2 rings (SSSR count). The largest absolute Gasteiger partial charge is 0.494 e. The highest BCUT2D eigenvalue weighted by Crippen LogP contribution is 2.23. The molecule has 94 valence electrons. The Morgan fingerprint density at radius 3 is 2.56 bits per heavy atom. The monoisotopic (exact) mass is 247 g/mol. The molecule has 0 aliphatic rings. The zero-order chi connectivity index (χ0) is 13.0. The summed E-state index contributed by atoms with van der Waals surface area (Å²) < 4.78 is 19.3. The van der Waals surface area contributed by atoms with Crippen LogP contribution in [0.1, 0.15) is 12.6 Å². The van der Waals surface area contributed by atoms with Crippen molar-refractivity contribution in [1.29, 1.82) is 0 Å². The van der Waals surface area contributed by atoms with Gasteiger partial charge in [0.1, 0.15) is 17.8 Å². The number of hydrogen-bond donors (Lipinski definition) is 1. The number of hydrogen-bond acceptors (Lipinski definition) is 4. The Morgan fingerprint density at radius 1 is 1.22 bits per heavy atom. The summed E-state index contributed by atoms with van der Waals surface area (Å²) in [4.78, 5) is 7.74. The van der Waals surface area contributed by atoms with Gasteiger partial charge in [-0.25, -0.2) is 14.4 Å². The molecule has 0 fully saturated rings. The average Bonchev–Trinajstić information content (AvgIpc) is 2.41. The van der Waals surface area contributed by atoms with Crippen LogP contribution in [0.15, 0.2) is 30.6 Å². The topological polar surface area (TPSA) is 61.0 Å². The maximum absolute atomic E-state index is 14.0. The van der Waals surface area contributed by atoms with E-state index in [1.807, 2.05) is 6.92 Å². The average molecular weight is 247 g/mol. The smallest absolute Gasteiger partial charge is 0.172 e. The first-order chi connectivity index (χ1) is 8.76. The summed E-state index contributed by atoms with van der Waals surface area (Å²) >= 11 is 0. The fourth-order valence-corrected chi connectivity index (χ4v) is 1.63. The van der Waals surface area contributed by atoms with E-state index >= 15 is 0 Å². The summed E-state index contributed by atoms with van der Waals surface area (Å²) in [7, 11) is 0. The molecule has 0 atom stereocenters. The first kappa shape index (κ1) is 12.4. The third kappa shape index (κ3) is 2.46. The van der Waals surface area contributed by atoms with E-state index in [4.69, 9.17) is 10.5 Å². The van der Waals surface area contributed by atoms with Crippen molar-refractivity contribution in [2.24, 2.45) is 5.73 Å². The molecular weight excluding hydrogens is 233 g/mol. The van der Waals surface area contributed by atoms with Crippen molar-refractivity contribution >= 4 is 0 Å². The minimum absolute atomic E-state index is 0.0540. The molecule has 0 aliphatic carbocycles. The number of rotatable bonds is 4. The zero-order valence-electron chi connectivity index (χ0n) is 10.1. The number of halogens is 1. The fraction of sp³-hybridized carbons (Fsp3) is 0.231. The van der Waals surface area contributed by atoms with Gasteiger partial charge in [0.05, 0.1) is 12.3 Å². The first-order valence-electron chi connectivity index (χ1n) is 5.69. The fourth-order valence-electron chi connectivity index (χ4n) is 1.63. The van der Waals surface area contributed by atoms with Gasteiger partial charge in [-0.15, -0.1) is 0 Å². The highest BCUT2D eigenvalue weighted by atomic mass is 19.1. The second kappa shape index (κ2) is 5.55. The lowest BCUT2D eigenvalue weighted by atomic mass is 10.1. The molecule has 0 radical (unpaired) electrons. The van der Waals surface area contributed by atoms with Crippen molar-refractivity contribution in [2.45, 2.75) is 13.5 Å². The van der Waals surface area contributed by atoms with Crippen molar-refractivity contribution < 1.29 is 9.13 Å². The van der Waals surface area contributed by atoms with Crippen LogP contribution in [-0.2, 0) is 6.54 Å². The van der Waals surface area contributed by atoms with Gasteiger partial charge in [-0.3, -0.25) is 0 Å². The maximum atomic E-state index is 14.0. The molecule has 1 aromatic carbocycles. The summed E-state index contributed by atoms with van der Waals surface area (Å²) in [6.07, 6.45) is 1.32. The van der Waals surface area contributed by atoms with Gasteiger partial charge in [-0.2, -0.15) is 0 Å². The van der Waals surface area contributed by atoms with Crippen LogP contribution < -0.4 is 10.5 Å². The van der Waals surface area contributed by atoms with Crippen molar-refractivity contribution in [1.82, 2.24) is 9.97 Å². The Bertz CT molecular complexity index is 528. The van der Waals surface area contributed by atoms with E-state index in [2.05, 4.69) is 9.97 Å². The minimum Gasteiger partial charge on any atom is -0.494 e. The van der Waals surface area contributed by atoms with E-state index in [1.165, 1.54) is 6.33 Å². The molecule has 5 heteroatoms. The summed E-state index contributed by atoms with van der Waals surface area (Å²) in [6.45, 7) is 2.56. The van der Waals surface area contributed by atoms with E-state index in [1.54, 1.807) is 24.3 Å². The molecule has 0 spiro atoms. The normalized spacial score (nSPS) is 10.4. The summed E-state index contributed by atoms with van der Waals surface area (Å²) in [5.74, 6) is 0.277. The third-order valence-electron chi connectivity index (χ3n) is 2.49. The SMILES string of the molecule is CCOc1ccc(-c2ncnc(CN)c2F)cc1. The highest BCUT2D eigenvalue weighted by molar-refractivity contribution is 5.60. The lowest BCUT2D eigenvalue weighted by Gasteiger charge is -2.07. The van der Waals surface area contributed by atoms with Crippen molar-refractivity contribution in [3.05, 3.63) is 42.1 Å². The molecule has 0 saturated carbocycles. The van der Waals surface area contributed by atoms with Gasteiger partial charge in [-0.1, -0.05) is 0 Å². The van der Waals surface area contributed by atoms with E-state index in [9.17, 15) is 4.39 Å². The molecule has 18 heavy (non-hydrogen) atoms. The molecule has 0 saturated heterocycles. The molecule has 1 aromatic heterocycles. The van der Waals surface area contributed by atoms with Crippen LogP contribution in [0.4, 0.5) is 4.39 Å². The predicted octanol–water partition coefficient (Wildman–Crippen LogP) is 2.14. The van der Waals surface area contributed by atoms with Crippen LogP contribution in [0.2, 0.25) is 0 Å². The Kier molecular flexibility index (Phi) is 3.84. The van der Waals surface area contributed by atoms with Crippen molar-refractivity contribution in [2.75, 3.05) is 6.61 Å². The maximum Gasteiger partial charge on any atom is 0.172 e. The first-order valence-corrected chi connectivity index (χ1v) is 5.69. The van der Waals surface area contributed by atoms with Gasteiger partial charge in [-0.05, 0) is 31.2 Å². The van der Waals surface area contributed by atoms with Crippen molar-refractivity contribution in [3.63, 3.8) is 0 Å². The molecule has 2 N–H and O–H groups in total. The summed E-state index contributed by atoms with van der Waals surface area (Å²) in [6, 6.07) is 7.08. The zero-order valence-corrected chi connectivity index (χ0v) is 10.1. The van der Waals surface area contributed by atoms with Crippen LogP contribution in [0.3, 0.4) is 0 Å². The molecule has 0 unspecified atom stereocenters. The van der Waals surface area contributed by atoms with E-state index in [0.717, 1.165) is 5.75 Å². The summed E-state index contributed by atoms with van der Waals surface area (Å²) in [5, 5.41) is 0. The molecule has 4 nitrogen and oxygen atoms in total. The molecule has 0 aliphatic heterocycles. The Labute approximate surface area is 105 Å².